The first-order chi connectivity index (χ1) is 14.3. The van der Waals surface area contributed by atoms with Gasteiger partial charge < -0.3 is 20.4 Å². The molecule has 0 bridgehead atoms. The molecule has 0 spiro atoms. The van der Waals surface area contributed by atoms with Gasteiger partial charge >= 0.3 is 6.36 Å². The second kappa shape index (κ2) is 7.86. The molecule has 7 nitrogen and oxygen atoms in total. The summed E-state index contributed by atoms with van der Waals surface area (Å²) in [5.41, 5.74) is 8.17. The Kier molecular flexibility index (Phi) is 5.25. The molecule has 30 heavy (non-hydrogen) atoms. The molecule has 1 saturated heterocycles. The van der Waals surface area contributed by atoms with E-state index in [1.165, 1.54) is 12.1 Å². The number of aromatic amines is 1. The number of benzene rings is 2. The standard InChI is InChI=1S/C20H20F3N5O2/c21-20(22,23)30-15-4-1-13(2-5-15)12-27-7-9-28(10-8-27)19-25-16-6-3-14(18(24)29)11-17(16)26-19/h1-6,11H,7-10,12H2,(H2,24,29)(H,25,26). The number of nitrogens with two attached hydrogens (primary N) is 1. The number of nitrogens with one attached hydrogen (secondary N) is 1. The second-order valence-electron chi connectivity index (χ2n) is 7.11. The zero-order chi connectivity index (χ0) is 21.3. The molecule has 1 aliphatic rings. The number of piperazine rings is 1. The number of nitrogens with zero attached hydrogens (tertiary/aromatic N) is 3. The summed E-state index contributed by atoms with van der Waals surface area (Å²) in [6, 6.07) is 11.1. The monoisotopic (exact) mass is 419 g/mol. The van der Waals surface area contributed by atoms with Gasteiger partial charge in [0.05, 0.1) is 11.0 Å². The fraction of sp³-hybridized carbons (Fsp3) is 0.300. The summed E-state index contributed by atoms with van der Waals surface area (Å²) >= 11 is 0. The zero-order valence-electron chi connectivity index (χ0n) is 15.9. The highest BCUT2D eigenvalue weighted by molar-refractivity contribution is 5.96. The summed E-state index contributed by atoms with van der Waals surface area (Å²) < 4.78 is 40.7. The van der Waals surface area contributed by atoms with Crippen molar-refractivity contribution in [2.24, 2.45) is 5.73 Å². The minimum absolute atomic E-state index is 0.222. The lowest BCUT2D eigenvalue weighted by molar-refractivity contribution is -0.274. The molecule has 4 rings (SSSR count). The van der Waals surface area contributed by atoms with Crippen LogP contribution in [0.25, 0.3) is 11.0 Å². The summed E-state index contributed by atoms with van der Waals surface area (Å²) in [7, 11) is 0. The van der Waals surface area contributed by atoms with Crippen molar-refractivity contribution in [2.75, 3.05) is 31.1 Å². The number of primary amides is 1. The number of ether oxygens (including phenoxy) is 1. The van der Waals surface area contributed by atoms with Gasteiger partial charge in [0.15, 0.2) is 0 Å². The molecule has 1 aromatic heterocycles. The number of amides is 1. The first-order valence-electron chi connectivity index (χ1n) is 9.38. The molecule has 3 aromatic rings. The Morgan fingerprint density at radius 3 is 2.43 bits per heavy atom. The molecule has 0 radical (unpaired) electrons. The Morgan fingerprint density at radius 2 is 1.80 bits per heavy atom. The predicted molar refractivity (Wildman–Crippen MR) is 105 cm³/mol. The van der Waals surface area contributed by atoms with Crippen LogP contribution in [-0.4, -0.2) is 53.3 Å². The van der Waals surface area contributed by atoms with E-state index >= 15 is 0 Å². The van der Waals surface area contributed by atoms with E-state index in [2.05, 4.69) is 24.5 Å². The van der Waals surface area contributed by atoms with E-state index in [4.69, 9.17) is 5.73 Å². The van der Waals surface area contributed by atoms with E-state index < -0.39 is 12.3 Å². The summed E-state index contributed by atoms with van der Waals surface area (Å²) in [5, 5.41) is 0. The largest absolute Gasteiger partial charge is 0.573 e. The second-order valence-corrected chi connectivity index (χ2v) is 7.11. The molecular weight excluding hydrogens is 399 g/mol. The number of alkyl halides is 3. The van der Waals surface area contributed by atoms with Crippen LogP contribution in [0, 0.1) is 0 Å². The Bertz CT molecular complexity index is 1040. The fourth-order valence-electron chi connectivity index (χ4n) is 3.47. The van der Waals surface area contributed by atoms with Crippen LogP contribution < -0.4 is 15.4 Å². The summed E-state index contributed by atoms with van der Waals surface area (Å²) in [6.45, 7) is 3.70. The molecule has 0 aliphatic carbocycles. The van der Waals surface area contributed by atoms with Gasteiger partial charge in [-0.3, -0.25) is 9.69 Å². The quantitative estimate of drug-likeness (QED) is 0.664. The van der Waals surface area contributed by atoms with E-state index in [-0.39, 0.29) is 5.75 Å². The SMILES string of the molecule is NC(=O)c1ccc2[nH]c(N3CCN(Cc4ccc(OC(F)(F)F)cc4)CC3)nc2c1. The van der Waals surface area contributed by atoms with Crippen LogP contribution in [0.15, 0.2) is 42.5 Å². The summed E-state index contributed by atoms with van der Waals surface area (Å²) in [4.78, 5) is 23.5. The van der Waals surface area contributed by atoms with Crippen molar-refractivity contribution in [1.29, 1.82) is 0 Å². The third-order valence-electron chi connectivity index (χ3n) is 4.99. The van der Waals surface area contributed by atoms with E-state index in [9.17, 15) is 18.0 Å². The smallest absolute Gasteiger partial charge is 0.406 e. The van der Waals surface area contributed by atoms with E-state index in [1.807, 2.05) is 0 Å². The molecule has 10 heteroatoms. The van der Waals surface area contributed by atoms with Crippen LogP contribution in [0.3, 0.4) is 0 Å². The van der Waals surface area contributed by atoms with Crippen LogP contribution >= 0.6 is 0 Å². The van der Waals surface area contributed by atoms with Crippen molar-refractivity contribution in [3.05, 3.63) is 53.6 Å². The van der Waals surface area contributed by atoms with Crippen LogP contribution in [0.4, 0.5) is 19.1 Å². The number of anilines is 1. The summed E-state index contributed by atoms with van der Waals surface area (Å²) in [5.74, 6) is 0.0217. The van der Waals surface area contributed by atoms with Gasteiger partial charge in [0, 0.05) is 38.3 Å². The van der Waals surface area contributed by atoms with Crippen molar-refractivity contribution in [3.8, 4) is 5.75 Å². The number of carbonyl (C=O) groups is 1. The van der Waals surface area contributed by atoms with E-state index in [0.717, 1.165) is 43.2 Å². The van der Waals surface area contributed by atoms with Crippen LogP contribution in [0.5, 0.6) is 5.75 Å². The number of hydrogen-bond acceptors (Lipinski definition) is 5. The molecule has 3 N–H and O–H groups in total. The Labute approximate surface area is 170 Å². The van der Waals surface area contributed by atoms with Crippen LogP contribution in [0.2, 0.25) is 0 Å². The number of fused-ring (bicyclic) bond motifs is 1. The maximum atomic E-state index is 12.3. The average Bonchev–Trinajstić information content (AvgIpc) is 3.12. The van der Waals surface area contributed by atoms with E-state index in [1.54, 1.807) is 30.3 Å². The van der Waals surface area contributed by atoms with Gasteiger partial charge in [-0.15, -0.1) is 13.2 Å². The average molecular weight is 419 g/mol. The highest BCUT2D eigenvalue weighted by Gasteiger charge is 2.31. The number of halogens is 3. The molecule has 2 aromatic carbocycles. The van der Waals surface area contributed by atoms with Gasteiger partial charge in [-0.05, 0) is 35.9 Å². The number of carbonyl (C=O) groups excluding carboxylic acids is 1. The molecular formula is C20H20F3N5O2. The van der Waals surface area contributed by atoms with Gasteiger partial charge in [-0.1, -0.05) is 12.1 Å². The minimum atomic E-state index is -4.68. The van der Waals surface area contributed by atoms with E-state index in [0.29, 0.717) is 17.6 Å². The Balaban J connectivity index is 1.35. The Hall–Kier alpha value is -3.27. The maximum absolute atomic E-state index is 12.3. The molecule has 1 aliphatic heterocycles. The first kappa shape index (κ1) is 20.0. The van der Waals surface area contributed by atoms with Crippen molar-refractivity contribution in [2.45, 2.75) is 12.9 Å². The van der Waals surface area contributed by atoms with Gasteiger partial charge in [-0.2, -0.15) is 0 Å². The lowest BCUT2D eigenvalue weighted by atomic mass is 10.2. The van der Waals surface area contributed by atoms with Crippen molar-refractivity contribution in [1.82, 2.24) is 14.9 Å². The lowest BCUT2D eigenvalue weighted by Crippen LogP contribution is -2.46. The number of imidazole rings is 1. The highest BCUT2D eigenvalue weighted by Crippen LogP contribution is 2.24. The van der Waals surface area contributed by atoms with Gasteiger partial charge in [-0.25, -0.2) is 4.98 Å². The summed E-state index contributed by atoms with van der Waals surface area (Å²) in [6.07, 6.45) is -4.68. The zero-order valence-corrected chi connectivity index (χ0v) is 15.9. The minimum Gasteiger partial charge on any atom is -0.406 e. The Morgan fingerprint density at radius 1 is 1.10 bits per heavy atom. The van der Waals surface area contributed by atoms with Crippen LogP contribution in [-0.2, 0) is 6.54 Å². The predicted octanol–water partition coefficient (Wildman–Crippen LogP) is 2.88. The first-order valence-corrected chi connectivity index (χ1v) is 9.38. The van der Waals surface area contributed by atoms with Crippen molar-refractivity contribution < 1.29 is 22.7 Å². The molecule has 0 saturated carbocycles. The van der Waals surface area contributed by atoms with Gasteiger partial charge in [0.1, 0.15) is 5.75 Å². The van der Waals surface area contributed by atoms with Gasteiger partial charge in [0.2, 0.25) is 11.9 Å². The topological polar surface area (TPSA) is 87.5 Å². The third-order valence-corrected chi connectivity index (χ3v) is 4.99. The normalized spacial score (nSPS) is 15.5. The molecule has 1 fully saturated rings. The third kappa shape index (κ3) is 4.65. The van der Waals surface area contributed by atoms with Gasteiger partial charge in [0.25, 0.3) is 0 Å². The fourth-order valence-corrected chi connectivity index (χ4v) is 3.47. The number of hydrogen-bond donors (Lipinski definition) is 2. The number of rotatable bonds is 5. The molecule has 2 heterocycles. The van der Waals surface area contributed by atoms with Crippen molar-refractivity contribution in [3.63, 3.8) is 0 Å². The number of H-pyrrole nitrogens is 1. The highest BCUT2D eigenvalue weighted by atomic mass is 19.4. The molecule has 0 unspecified atom stereocenters. The number of aromatic nitrogens is 2. The molecule has 1 amide bonds. The lowest BCUT2D eigenvalue weighted by Gasteiger charge is -2.34. The van der Waals surface area contributed by atoms with Crippen LogP contribution in [0.1, 0.15) is 15.9 Å². The molecule has 158 valence electrons. The molecule has 0 atom stereocenters. The maximum Gasteiger partial charge on any atom is 0.573 e. The van der Waals surface area contributed by atoms with Crippen molar-refractivity contribution >= 4 is 22.9 Å².